The number of likely N-dealkylation sites (N-methyl/N-ethyl adjacent to an activating group) is 1. The van der Waals surface area contributed by atoms with Crippen molar-refractivity contribution < 1.29 is 0 Å². The lowest BCUT2D eigenvalue weighted by molar-refractivity contribution is 0.0523. The van der Waals surface area contributed by atoms with E-state index in [2.05, 4.69) is 37.9 Å². The summed E-state index contributed by atoms with van der Waals surface area (Å²) in [5, 5.41) is 3.73. The van der Waals surface area contributed by atoms with Crippen molar-refractivity contribution in [2.24, 2.45) is 5.92 Å². The first-order valence-corrected chi connectivity index (χ1v) is 7.54. The molecule has 17 heavy (non-hydrogen) atoms. The van der Waals surface area contributed by atoms with Crippen LogP contribution in [0, 0.1) is 5.92 Å². The molecule has 2 aliphatic rings. The standard InChI is InChI=1S/C15H30N2/c1-5-16-13-8-7-12(2)11-14(13)17-10-6-9-15(17,3)4/h12-14,16H,5-11H2,1-4H3. The predicted molar refractivity (Wildman–Crippen MR) is 74.3 cm³/mol. The molecule has 1 saturated carbocycles. The predicted octanol–water partition coefficient (Wildman–Crippen LogP) is 3.03. The molecule has 2 nitrogen and oxygen atoms in total. The first kappa shape index (κ1) is 13.4. The van der Waals surface area contributed by atoms with Crippen LogP contribution in [0.15, 0.2) is 0 Å². The van der Waals surface area contributed by atoms with Gasteiger partial charge in [0.2, 0.25) is 0 Å². The molecule has 1 aliphatic carbocycles. The van der Waals surface area contributed by atoms with Crippen LogP contribution in [0.4, 0.5) is 0 Å². The van der Waals surface area contributed by atoms with Crippen LogP contribution >= 0.6 is 0 Å². The van der Waals surface area contributed by atoms with Crippen molar-refractivity contribution in [2.75, 3.05) is 13.1 Å². The van der Waals surface area contributed by atoms with E-state index in [-0.39, 0.29) is 0 Å². The normalized spacial score (nSPS) is 38.5. The Bertz CT molecular complexity index is 249. The molecule has 1 N–H and O–H groups in total. The molecule has 0 amide bonds. The Morgan fingerprint density at radius 1 is 1.29 bits per heavy atom. The largest absolute Gasteiger partial charge is 0.313 e. The lowest BCUT2D eigenvalue weighted by Crippen LogP contribution is -2.57. The first-order valence-electron chi connectivity index (χ1n) is 7.54. The fourth-order valence-corrected chi connectivity index (χ4v) is 3.94. The van der Waals surface area contributed by atoms with Crippen LogP contribution in [-0.2, 0) is 0 Å². The summed E-state index contributed by atoms with van der Waals surface area (Å²) < 4.78 is 0. The lowest BCUT2D eigenvalue weighted by Gasteiger charge is -2.46. The highest BCUT2D eigenvalue weighted by molar-refractivity contribution is 4.98. The van der Waals surface area contributed by atoms with E-state index in [0.29, 0.717) is 5.54 Å². The second-order valence-corrected chi connectivity index (χ2v) is 6.76. The van der Waals surface area contributed by atoms with E-state index in [1.165, 1.54) is 38.6 Å². The van der Waals surface area contributed by atoms with Crippen molar-refractivity contribution in [1.82, 2.24) is 10.2 Å². The van der Waals surface area contributed by atoms with Gasteiger partial charge in [-0.25, -0.2) is 0 Å². The maximum Gasteiger partial charge on any atom is 0.0257 e. The van der Waals surface area contributed by atoms with Crippen molar-refractivity contribution in [3.8, 4) is 0 Å². The first-order chi connectivity index (χ1) is 8.04. The number of rotatable bonds is 3. The fourth-order valence-electron chi connectivity index (χ4n) is 3.94. The van der Waals surface area contributed by atoms with Crippen molar-refractivity contribution in [1.29, 1.82) is 0 Å². The maximum absolute atomic E-state index is 3.73. The van der Waals surface area contributed by atoms with Crippen LogP contribution in [0.1, 0.15) is 59.8 Å². The van der Waals surface area contributed by atoms with Gasteiger partial charge in [-0.15, -0.1) is 0 Å². The average Bonchev–Trinajstić information content (AvgIpc) is 2.61. The molecule has 2 heteroatoms. The molecule has 0 spiro atoms. The second kappa shape index (κ2) is 5.27. The molecule has 2 rings (SSSR count). The van der Waals surface area contributed by atoms with E-state index in [0.717, 1.165) is 24.5 Å². The zero-order chi connectivity index (χ0) is 12.5. The zero-order valence-electron chi connectivity index (χ0n) is 12.1. The van der Waals surface area contributed by atoms with Gasteiger partial charge >= 0.3 is 0 Å². The van der Waals surface area contributed by atoms with Gasteiger partial charge in [0.25, 0.3) is 0 Å². The molecule has 100 valence electrons. The molecule has 1 aliphatic heterocycles. The van der Waals surface area contributed by atoms with E-state index in [1.807, 2.05) is 0 Å². The Morgan fingerprint density at radius 3 is 2.65 bits per heavy atom. The highest BCUT2D eigenvalue weighted by atomic mass is 15.3. The molecule has 0 aromatic carbocycles. The Kier molecular flexibility index (Phi) is 4.14. The number of nitrogens with one attached hydrogen (secondary N) is 1. The van der Waals surface area contributed by atoms with E-state index in [9.17, 15) is 0 Å². The van der Waals surface area contributed by atoms with E-state index in [1.54, 1.807) is 0 Å². The molecule has 3 unspecified atom stereocenters. The molecular formula is C15H30N2. The summed E-state index contributed by atoms with van der Waals surface area (Å²) in [6.45, 7) is 12.0. The Hall–Kier alpha value is -0.0800. The van der Waals surface area contributed by atoms with E-state index in [4.69, 9.17) is 0 Å². The summed E-state index contributed by atoms with van der Waals surface area (Å²) in [5.41, 5.74) is 0.426. The Balaban J connectivity index is 2.08. The Morgan fingerprint density at radius 2 is 2.06 bits per heavy atom. The molecule has 0 radical (unpaired) electrons. The maximum atomic E-state index is 3.73. The average molecular weight is 238 g/mol. The highest BCUT2D eigenvalue weighted by Gasteiger charge is 2.41. The minimum absolute atomic E-state index is 0.426. The number of hydrogen-bond acceptors (Lipinski definition) is 2. The van der Waals surface area contributed by atoms with Crippen LogP contribution < -0.4 is 5.32 Å². The van der Waals surface area contributed by atoms with Crippen molar-refractivity contribution in [3.05, 3.63) is 0 Å². The van der Waals surface area contributed by atoms with Crippen LogP contribution in [-0.4, -0.2) is 35.6 Å². The monoisotopic (exact) mass is 238 g/mol. The smallest absolute Gasteiger partial charge is 0.0257 e. The van der Waals surface area contributed by atoms with Crippen molar-refractivity contribution >= 4 is 0 Å². The summed E-state index contributed by atoms with van der Waals surface area (Å²) in [7, 11) is 0. The number of nitrogens with zero attached hydrogens (tertiary/aromatic N) is 1. The lowest BCUT2D eigenvalue weighted by atomic mass is 9.81. The second-order valence-electron chi connectivity index (χ2n) is 6.76. The minimum Gasteiger partial charge on any atom is -0.313 e. The van der Waals surface area contributed by atoms with Gasteiger partial charge in [-0.3, -0.25) is 4.90 Å². The Labute approximate surface area is 107 Å². The van der Waals surface area contributed by atoms with E-state index < -0.39 is 0 Å². The van der Waals surface area contributed by atoms with Gasteiger partial charge < -0.3 is 5.32 Å². The van der Waals surface area contributed by atoms with Crippen LogP contribution in [0.25, 0.3) is 0 Å². The van der Waals surface area contributed by atoms with Gasteiger partial charge in [-0.2, -0.15) is 0 Å². The van der Waals surface area contributed by atoms with Gasteiger partial charge in [0.1, 0.15) is 0 Å². The molecule has 2 fully saturated rings. The SMILES string of the molecule is CCNC1CCC(C)CC1N1CCCC1(C)C. The van der Waals surface area contributed by atoms with Crippen molar-refractivity contribution in [3.63, 3.8) is 0 Å². The third-order valence-electron chi connectivity index (χ3n) is 4.91. The summed E-state index contributed by atoms with van der Waals surface area (Å²) in [4.78, 5) is 2.80. The molecule has 0 bridgehead atoms. The van der Waals surface area contributed by atoms with Gasteiger partial charge in [0.05, 0.1) is 0 Å². The summed E-state index contributed by atoms with van der Waals surface area (Å²) in [5.74, 6) is 0.909. The van der Waals surface area contributed by atoms with Gasteiger partial charge in [-0.1, -0.05) is 13.8 Å². The summed E-state index contributed by atoms with van der Waals surface area (Å²) in [6.07, 6.45) is 6.92. The van der Waals surface area contributed by atoms with Gasteiger partial charge in [-0.05, 0) is 65.0 Å². The van der Waals surface area contributed by atoms with Crippen LogP contribution in [0.5, 0.6) is 0 Å². The molecule has 0 aromatic heterocycles. The summed E-state index contributed by atoms with van der Waals surface area (Å²) in [6, 6.07) is 1.50. The topological polar surface area (TPSA) is 15.3 Å². The third-order valence-corrected chi connectivity index (χ3v) is 4.91. The number of hydrogen-bond donors (Lipinski definition) is 1. The van der Waals surface area contributed by atoms with Gasteiger partial charge in [0, 0.05) is 17.6 Å². The van der Waals surface area contributed by atoms with Crippen LogP contribution in [0.2, 0.25) is 0 Å². The van der Waals surface area contributed by atoms with Crippen LogP contribution in [0.3, 0.4) is 0 Å². The molecule has 3 atom stereocenters. The minimum atomic E-state index is 0.426. The zero-order valence-corrected chi connectivity index (χ0v) is 12.1. The van der Waals surface area contributed by atoms with Crippen molar-refractivity contribution in [2.45, 2.75) is 77.4 Å². The third kappa shape index (κ3) is 2.85. The molecule has 1 saturated heterocycles. The molecule has 1 heterocycles. The number of likely N-dealkylation sites (tertiary alicyclic amines) is 1. The molecule has 0 aromatic rings. The summed E-state index contributed by atoms with van der Waals surface area (Å²) >= 11 is 0. The highest BCUT2D eigenvalue weighted by Crippen LogP contribution is 2.37. The quantitative estimate of drug-likeness (QED) is 0.813. The van der Waals surface area contributed by atoms with Gasteiger partial charge in [0.15, 0.2) is 0 Å². The fraction of sp³-hybridized carbons (Fsp3) is 1.00. The molecular weight excluding hydrogens is 208 g/mol. The van der Waals surface area contributed by atoms with E-state index >= 15 is 0 Å².